The summed E-state index contributed by atoms with van der Waals surface area (Å²) in [6.45, 7) is 5.49. The molecule has 2 aromatic rings. The largest absolute Gasteiger partial charge is 0.342 e. The second-order valence-corrected chi connectivity index (χ2v) is 9.94. The molecule has 1 aromatic heterocycles. The van der Waals surface area contributed by atoms with Crippen molar-refractivity contribution in [1.82, 2.24) is 19.4 Å². The Morgan fingerprint density at radius 2 is 1.89 bits per heavy atom. The highest BCUT2D eigenvalue weighted by atomic mass is 32.2. The maximum Gasteiger partial charge on any atom is 0.227 e. The van der Waals surface area contributed by atoms with E-state index in [1.165, 1.54) is 6.26 Å². The molecule has 3 heterocycles. The Hall–Kier alpha value is -2.19. The molecule has 2 aliphatic rings. The van der Waals surface area contributed by atoms with Gasteiger partial charge in [-0.1, -0.05) is 30.3 Å². The summed E-state index contributed by atoms with van der Waals surface area (Å²) in [5.74, 6) is 0.364. The van der Waals surface area contributed by atoms with Crippen LogP contribution in [0.2, 0.25) is 0 Å². The van der Waals surface area contributed by atoms with Crippen molar-refractivity contribution in [2.75, 3.05) is 25.9 Å². The van der Waals surface area contributed by atoms with Crippen LogP contribution in [0.15, 0.2) is 30.3 Å². The second kappa shape index (κ2) is 7.00. The number of aromatic amines is 1. The van der Waals surface area contributed by atoms with Gasteiger partial charge < -0.3 is 4.90 Å². The zero-order valence-corrected chi connectivity index (χ0v) is 17.2. The van der Waals surface area contributed by atoms with Crippen molar-refractivity contribution in [3.8, 4) is 0 Å². The molecule has 2 aliphatic heterocycles. The average Bonchev–Trinajstić information content (AvgIpc) is 3.30. The lowest BCUT2D eigenvalue weighted by molar-refractivity contribution is -0.129. The predicted molar refractivity (Wildman–Crippen MR) is 106 cm³/mol. The molecule has 0 bridgehead atoms. The summed E-state index contributed by atoms with van der Waals surface area (Å²) in [4.78, 5) is 14.8. The van der Waals surface area contributed by atoms with E-state index < -0.39 is 10.0 Å². The summed E-state index contributed by atoms with van der Waals surface area (Å²) in [6, 6.07) is 9.55. The fourth-order valence-corrected chi connectivity index (χ4v) is 5.87. The van der Waals surface area contributed by atoms with E-state index in [0.29, 0.717) is 26.1 Å². The van der Waals surface area contributed by atoms with Gasteiger partial charge in [0.2, 0.25) is 15.9 Å². The molecule has 2 fully saturated rings. The number of nitrogens with one attached hydrogen (secondary N) is 1. The zero-order valence-electron chi connectivity index (χ0n) is 16.4. The molecule has 1 amide bonds. The van der Waals surface area contributed by atoms with Crippen molar-refractivity contribution < 1.29 is 13.2 Å². The van der Waals surface area contributed by atoms with Crippen LogP contribution in [0.25, 0.3) is 0 Å². The number of hydrogen-bond acceptors (Lipinski definition) is 4. The first kappa shape index (κ1) is 19.1. The van der Waals surface area contributed by atoms with Gasteiger partial charge in [0.1, 0.15) is 0 Å². The van der Waals surface area contributed by atoms with E-state index in [1.807, 2.05) is 49.1 Å². The van der Waals surface area contributed by atoms with Crippen LogP contribution in [-0.2, 0) is 21.2 Å². The number of carbonyl (C=O) groups excluding carboxylic acids is 1. The third-order valence-electron chi connectivity index (χ3n) is 6.15. The van der Waals surface area contributed by atoms with Gasteiger partial charge in [0.15, 0.2) is 0 Å². The Bertz CT molecular complexity index is 967. The van der Waals surface area contributed by atoms with Gasteiger partial charge in [0, 0.05) is 36.8 Å². The third kappa shape index (κ3) is 3.35. The predicted octanol–water partition coefficient (Wildman–Crippen LogP) is 1.66. The van der Waals surface area contributed by atoms with Crippen LogP contribution in [-0.4, -0.2) is 59.6 Å². The number of sulfonamides is 1. The van der Waals surface area contributed by atoms with E-state index in [1.54, 1.807) is 4.31 Å². The van der Waals surface area contributed by atoms with Gasteiger partial charge in [-0.05, 0) is 25.3 Å². The lowest BCUT2D eigenvalue weighted by atomic mass is 9.90. The van der Waals surface area contributed by atoms with Crippen molar-refractivity contribution in [3.63, 3.8) is 0 Å². The molecule has 0 aliphatic carbocycles. The van der Waals surface area contributed by atoms with E-state index in [-0.39, 0.29) is 23.8 Å². The molecular weight excluding hydrogens is 376 g/mol. The van der Waals surface area contributed by atoms with E-state index in [0.717, 1.165) is 22.5 Å². The number of H-pyrrole nitrogens is 1. The number of aromatic nitrogens is 2. The number of carbonyl (C=O) groups is 1. The average molecular weight is 403 g/mol. The van der Waals surface area contributed by atoms with Crippen molar-refractivity contribution >= 4 is 15.9 Å². The molecule has 1 aromatic carbocycles. The smallest absolute Gasteiger partial charge is 0.227 e. The summed E-state index contributed by atoms with van der Waals surface area (Å²) in [7, 11) is -3.31. The van der Waals surface area contributed by atoms with E-state index in [4.69, 9.17) is 0 Å². The summed E-state index contributed by atoms with van der Waals surface area (Å²) in [5, 5.41) is 7.10. The molecule has 4 rings (SSSR count). The number of rotatable bonds is 4. The van der Waals surface area contributed by atoms with Crippen molar-refractivity contribution in [2.24, 2.45) is 11.8 Å². The fourth-order valence-electron chi connectivity index (χ4n) is 4.71. The standard InChI is InChI=1S/C20H26N4O3S/c1-13-17(14(2)22-21-13)9-19(25)23-10-16-11-24(28(3,26)27)20(18(16)12-23)15-7-5-4-6-8-15/h4-8,16,18,20H,9-12H2,1-3H3,(H,21,22)/t16-,18-,20+/m1/s1. The number of fused-ring (bicyclic) bond motifs is 1. The first-order valence-corrected chi connectivity index (χ1v) is 11.4. The number of likely N-dealkylation sites (tertiary alicyclic amines) is 1. The van der Waals surface area contributed by atoms with Gasteiger partial charge in [-0.15, -0.1) is 0 Å². The Morgan fingerprint density at radius 1 is 1.18 bits per heavy atom. The molecule has 1 N–H and O–H groups in total. The highest BCUT2D eigenvalue weighted by Gasteiger charge is 2.51. The number of benzene rings is 1. The Morgan fingerprint density at radius 3 is 2.50 bits per heavy atom. The fraction of sp³-hybridized carbons (Fsp3) is 0.500. The minimum atomic E-state index is -3.31. The highest BCUT2D eigenvalue weighted by molar-refractivity contribution is 7.88. The monoisotopic (exact) mass is 402 g/mol. The van der Waals surface area contributed by atoms with Crippen LogP contribution in [0.1, 0.15) is 28.6 Å². The van der Waals surface area contributed by atoms with Gasteiger partial charge in [-0.2, -0.15) is 9.40 Å². The summed E-state index contributed by atoms with van der Waals surface area (Å²) in [5.41, 5.74) is 3.74. The van der Waals surface area contributed by atoms with E-state index in [2.05, 4.69) is 10.2 Å². The van der Waals surface area contributed by atoms with Crippen LogP contribution < -0.4 is 0 Å². The first-order chi connectivity index (χ1) is 13.3. The minimum absolute atomic E-state index is 0.0831. The number of nitrogens with zero attached hydrogens (tertiary/aromatic N) is 3. The molecule has 3 atom stereocenters. The van der Waals surface area contributed by atoms with Crippen LogP contribution >= 0.6 is 0 Å². The topological polar surface area (TPSA) is 86.4 Å². The van der Waals surface area contributed by atoms with Gasteiger partial charge in [0.25, 0.3) is 0 Å². The van der Waals surface area contributed by atoms with Crippen LogP contribution in [0, 0.1) is 25.7 Å². The number of hydrogen-bond donors (Lipinski definition) is 1. The third-order valence-corrected chi connectivity index (χ3v) is 7.38. The van der Waals surface area contributed by atoms with Crippen LogP contribution in [0.3, 0.4) is 0 Å². The van der Waals surface area contributed by atoms with Crippen LogP contribution in [0.5, 0.6) is 0 Å². The minimum Gasteiger partial charge on any atom is -0.342 e. The summed E-state index contributed by atoms with van der Waals surface area (Å²) < 4.78 is 26.4. The second-order valence-electron chi connectivity index (χ2n) is 8.00. The Kier molecular flexibility index (Phi) is 4.79. The maximum absolute atomic E-state index is 12.9. The van der Waals surface area contributed by atoms with Crippen molar-refractivity contribution in [1.29, 1.82) is 0 Å². The first-order valence-electron chi connectivity index (χ1n) is 9.55. The lowest BCUT2D eigenvalue weighted by Crippen LogP contribution is -2.37. The molecule has 28 heavy (non-hydrogen) atoms. The van der Waals surface area contributed by atoms with E-state index in [9.17, 15) is 13.2 Å². The quantitative estimate of drug-likeness (QED) is 0.843. The summed E-state index contributed by atoms with van der Waals surface area (Å²) in [6.07, 6.45) is 1.61. The van der Waals surface area contributed by atoms with Crippen molar-refractivity contribution in [3.05, 3.63) is 52.8 Å². The molecule has 0 saturated carbocycles. The van der Waals surface area contributed by atoms with Gasteiger partial charge in [-0.3, -0.25) is 9.89 Å². The molecule has 0 spiro atoms. The Balaban J connectivity index is 1.56. The zero-order chi connectivity index (χ0) is 20.1. The van der Waals surface area contributed by atoms with Gasteiger partial charge >= 0.3 is 0 Å². The molecule has 7 nitrogen and oxygen atoms in total. The molecule has 8 heteroatoms. The SMILES string of the molecule is Cc1n[nH]c(C)c1CC(=O)N1C[C@@H]2CN(S(C)(=O)=O)[C@@H](c3ccccc3)[C@@H]2C1. The Labute approximate surface area is 165 Å². The lowest BCUT2D eigenvalue weighted by Gasteiger charge is -2.28. The maximum atomic E-state index is 12.9. The molecule has 0 radical (unpaired) electrons. The van der Waals surface area contributed by atoms with E-state index >= 15 is 0 Å². The summed E-state index contributed by atoms with van der Waals surface area (Å²) >= 11 is 0. The van der Waals surface area contributed by atoms with Crippen LogP contribution in [0.4, 0.5) is 0 Å². The number of aryl methyl sites for hydroxylation is 2. The van der Waals surface area contributed by atoms with Gasteiger partial charge in [0.05, 0.1) is 24.4 Å². The molecule has 2 saturated heterocycles. The molecule has 0 unspecified atom stereocenters. The van der Waals surface area contributed by atoms with Crippen molar-refractivity contribution in [2.45, 2.75) is 26.3 Å². The molecule has 150 valence electrons. The highest BCUT2D eigenvalue weighted by Crippen LogP contribution is 2.46. The van der Waals surface area contributed by atoms with Gasteiger partial charge in [-0.25, -0.2) is 8.42 Å². The normalized spacial score (nSPS) is 25.2. The molecular formula is C20H26N4O3S. The number of amides is 1.